The molecule has 0 fully saturated rings. The van der Waals surface area contributed by atoms with Crippen molar-refractivity contribution in [3.63, 3.8) is 0 Å². The maximum absolute atomic E-state index is 12.6. The van der Waals surface area contributed by atoms with Crippen LogP contribution in [0.5, 0.6) is 0 Å². The van der Waals surface area contributed by atoms with Crippen LogP contribution in [0.25, 0.3) is 0 Å². The molecular weight excluding hydrogens is 274 g/mol. The Kier molecular flexibility index (Phi) is 4.77. The van der Waals surface area contributed by atoms with Crippen molar-refractivity contribution < 1.29 is 9.53 Å². The molecule has 4 heteroatoms. The normalized spacial score (nSPS) is 11.9. The lowest BCUT2D eigenvalue weighted by Gasteiger charge is -2.24. The van der Waals surface area contributed by atoms with Crippen molar-refractivity contribution in [2.45, 2.75) is 6.10 Å². The van der Waals surface area contributed by atoms with Gasteiger partial charge in [-0.3, -0.25) is 4.79 Å². The van der Waals surface area contributed by atoms with Crippen LogP contribution in [0.3, 0.4) is 0 Å². The molecule has 1 unspecified atom stereocenters. The van der Waals surface area contributed by atoms with Crippen molar-refractivity contribution in [2.24, 2.45) is 0 Å². The number of amides is 1. The van der Waals surface area contributed by atoms with Gasteiger partial charge in [0.05, 0.1) is 10.7 Å². The Balaban J connectivity index is 2.28. The maximum atomic E-state index is 12.6. The zero-order chi connectivity index (χ0) is 14.5. The first-order valence-electron chi connectivity index (χ1n) is 6.25. The molecule has 0 heterocycles. The minimum atomic E-state index is -0.641. The summed E-state index contributed by atoms with van der Waals surface area (Å²) in [5.41, 5.74) is 1.48. The number of carbonyl (C=O) groups excluding carboxylic acids is 1. The molecular formula is C16H16ClNO2. The van der Waals surface area contributed by atoms with E-state index in [0.29, 0.717) is 10.7 Å². The second-order valence-electron chi connectivity index (χ2n) is 4.38. The van der Waals surface area contributed by atoms with Gasteiger partial charge in [0, 0.05) is 14.2 Å². The number of anilines is 1. The van der Waals surface area contributed by atoms with E-state index in [1.54, 1.807) is 19.2 Å². The van der Waals surface area contributed by atoms with Gasteiger partial charge < -0.3 is 9.64 Å². The van der Waals surface area contributed by atoms with Crippen LogP contribution in [-0.2, 0) is 9.53 Å². The van der Waals surface area contributed by atoms with Crippen molar-refractivity contribution in [1.82, 2.24) is 0 Å². The third-order valence-corrected chi connectivity index (χ3v) is 3.43. The summed E-state index contributed by atoms with van der Waals surface area (Å²) in [4.78, 5) is 14.1. The lowest BCUT2D eigenvalue weighted by molar-refractivity contribution is -0.128. The van der Waals surface area contributed by atoms with Crippen LogP contribution in [0.1, 0.15) is 11.7 Å². The summed E-state index contributed by atoms with van der Waals surface area (Å²) in [5.74, 6) is -0.160. The monoisotopic (exact) mass is 289 g/mol. The lowest BCUT2D eigenvalue weighted by atomic mass is 10.1. The van der Waals surface area contributed by atoms with Crippen molar-refractivity contribution in [3.8, 4) is 0 Å². The topological polar surface area (TPSA) is 29.5 Å². The summed E-state index contributed by atoms with van der Waals surface area (Å²) >= 11 is 6.12. The van der Waals surface area contributed by atoms with Gasteiger partial charge in [0.15, 0.2) is 6.10 Å². The fourth-order valence-corrected chi connectivity index (χ4v) is 2.29. The van der Waals surface area contributed by atoms with E-state index < -0.39 is 6.10 Å². The molecule has 1 amide bonds. The number of ether oxygens (including phenoxy) is 1. The molecule has 3 nitrogen and oxygen atoms in total. The van der Waals surface area contributed by atoms with Crippen LogP contribution in [0.2, 0.25) is 5.02 Å². The Morgan fingerprint density at radius 1 is 1.10 bits per heavy atom. The maximum Gasteiger partial charge on any atom is 0.260 e. The number of carbonyl (C=O) groups is 1. The molecule has 0 spiro atoms. The number of halogens is 1. The molecule has 1 atom stereocenters. The molecule has 0 aliphatic rings. The smallest absolute Gasteiger partial charge is 0.260 e. The predicted molar refractivity (Wildman–Crippen MR) is 81.1 cm³/mol. The standard InChI is InChI=1S/C16H16ClNO2/c1-18(14-11-7-6-10-13(14)17)16(19)15(20-2)12-8-4-3-5-9-12/h3-11,15H,1-2H3. The quantitative estimate of drug-likeness (QED) is 0.859. The van der Waals surface area contributed by atoms with Gasteiger partial charge in [0.1, 0.15) is 0 Å². The summed E-state index contributed by atoms with van der Waals surface area (Å²) in [5, 5.41) is 0.534. The summed E-state index contributed by atoms with van der Waals surface area (Å²) in [7, 11) is 3.22. The first-order chi connectivity index (χ1) is 9.65. The van der Waals surface area contributed by atoms with Crippen LogP contribution in [0, 0.1) is 0 Å². The predicted octanol–water partition coefficient (Wildman–Crippen LogP) is 3.69. The number of likely N-dealkylation sites (N-methyl/N-ethyl adjacent to an activating group) is 1. The summed E-state index contributed by atoms with van der Waals surface area (Å²) in [6, 6.07) is 16.6. The highest BCUT2D eigenvalue weighted by Crippen LogP contribution is 2.27. The molecule has 0 saturated carbocycles. The number of benzene rings is 2. The number of para-hydroxylation sites is 1. The summed E-state index contributed by atoms with van der Waals surface area (Å²) in [6.07, 6.45) is -0.641. The van der Waals surface area contributed by atoms with Crippen molar-refractivity contribution >= 4 is 23.2 Å². The second-order valence-corrected chi connectivity index (χ2v) is 4.78. The number of hydrogen-bond acceptors (Lipinski definition) is 2. The average molecular weight is 290 g/mol. The molecule has 0 bridgehead atoms. The van der Waals surface area contributed by atoms with Gasteiger partial charge >= 0.3 is 0 Å². The van der Waals surface area contributed by atoms with E-state index in [1.165, 1.54) is 12.0 Å². The molecule has 104 valence electrons. The molecule has 2 aromatic rings. The third kappa shape index (κ3) is 3.00. The Morgan fingerprint density at radius 3 is 2.30 bits per heavy atom. The molecule has 0 N–H and O–H groups in total. The van der Waals surface area contributed by atoms with Gasteiger partial charge in [0.2, 0.25) is 0 Å². The van der Waals surface area contributed by atoms with Crippen LogP contribution in [0.15, 0.2) is 54.6 Å². The molecule has 0 aliphatic carbocycles. The highest BCUT2D eigenvalue weighted by molar-refractivity contribution is 6.33. The zero-order valence-electron chi connectivity index (χ0n) is 11.4. The van der Waals surface area contributed by atoms with E-state index in [4.69, 9.17) is 16.3 Å². The van der Waals surface area contributed by atoms with Crippen LogP contribution in [0.4, 0.5) is 5.69 Å². The first kappa shape index (κ1) is 14.6. The van der Waals surface area contributed by atoms with E-state index in [1.807, 2.05) is 42.5 Å². The van der Waals surface area contributed by atoms with Crippen molar-refractivity contribution in [1.29, 1.82) is 0 Å². The summed E-state index contributed by atoms with van der Waals surface area (Å²) in [6.45, 7) is 0. The SMILES string of the molecule is COC(C(=O)N(C)c1ccccc1Cl)c1ccccc1. The largest absolute Gasteiger partial charge is 0.367 e. The molecule has 0 radical (unpaired) electrons. The van der Waals surface area contributed by atoms with E-state index in [9.17, 15) is 4.79 Å². The van der Waals surface area contributed by atoms with Crippen LogP contribution < -0.4 is 4.90 Å². The van der Waals surface area contributed by atoms with E-state index in [0.717, 1.165) is 5.56 Å². The van der Waals surface area contributed by atoms with Crippen molar-refractivity contribution in [3.05, 3.63) is 65.2 Å². The van der Waals surface area contributed by atoms with Crippen LogP contribution >= 0.6 is 11.6 Å². The summed E-state index contributed by atoms with van der Waals surface area (Å²) < 4.78 is 5.35. The van der Waals surface area contributed by atoms with Gasteiger partial charge in [0.25, 0.3) is 5.91 Å². The van der Waals surface area contributed by atoms with Crippen LogP contribution in [-0.4, -0.2) is 20.1 Å². The highest BCUT2D eigenvalue weighted by atomic mass is 35.5. The first-order valence-corrected chi connectivity index (χ1v) is 6.62. The Hall–Kier alpha value is -1.84. The third-order valence-electron chi connectivity index (χ3n) is 3.11. The van der Waals surface area contributed by atoms with Gasteiger partial charge in [-0.05, 0) is 17.7 Å². The van der Waals surface area contributed by atoms with Gasteiger partial charge in [-0.15, -0.1) is 0 Å². The van der Waals surface area contributed by atoms with Gasteiger partial charge in [-0.2, -0.15) is 0 Å². The molecule has 0 saturated heterocycles. The Bertz CT molecular complexity index is 586. The van der Waals surface area contributed by atoms with E-state index >= 15 is 0 Å². The van der Waals surface area contributed by atoms with E-state index in [-0.39, 0.29) is 5.91 Å². The Morgan fingerprint density at radius 2 is 1.70 bits per heavy atom. The number of methoxy groups -OCH3 is 1. The fraction of sp³-hybridized carbons (Fsp3) is 0.188. The molecule has 0 aromatic heterocycles. The lowest BCUT2D eigenvalue weighted by Crippen LogP contribution is -2.32. The molecule has 0 aliphatic heterocycles. The van der Waals surface area contributed by atoms with Gasteiger partial charge in [-0.1, -0.05) is 54.1 Å². The zero-order valence-corrected chi connectivity index (χ0v) is 12.2. The molecule has 20 heavy (non-hydrogen) atoms. The fourth-order valence-electron chi connectivity index (χ4n) is 2.03. The minimum Gasteiger partial charge on any atom is -0.367 e. The van der Waals surface area contributed by atoms with E-state index in [2.05, 4.69) is 0 Å². The number of nitrogens with zero attached hydrogens (tertiary/aromatic N) is 1. The molecule has 2 rings (SSSR count). The average Bonchev–Trinajstić information content (AvgIpc) is 2.49. The molecule has 2 aromatic carbocycles. The number of rotatable bonds is 4. The Labute approximate surface area is 123 Å². The van der Waals surface area contributed by atoms with Crippen molar-refractivity contribution in [2.75, 3.05) is 19.1 Å². The second kappa shape index (κ2) is 6.55. The minimum absolute atomic E-state index is 0.160. The number of hydrogen-bond donors (Lipinski definition) is 0. The van der Waals surface area contributed by atoms with Gasteiger partial charge in [-0.25, -0.2) is 0 Å². The highest BCUT2D eigenvalue weighted by Gasteiger charge is 2.25.